The first-order valence-corrected chi connectivity index (χ1v) is 9.34. The van der Waals surface area contributed by atoms with Crippen LogP contribution in [-0.2, 0) is 19.1 Å². The molecule has 0 saturated carbocycles. The summed E-state index contributed by atoms with van der Waals surface area (Å²) in [5.74, 6) is -0.248. The number of ketones is 1. The van der Waals surface area contributed by atoms with Gasteiger partial charge in [-0.25, -0.2) is 0 Å². The molecule has 0 aromatic rings. The van der Waals surface area contributed by atoms with E-state index in [1.165, 1.54) is 6.92 Å². The van der Waals surface area contributed by atoms with Crippen LogP contribution >= 0.6 is 0 Å². The zero-order valence-corrected chi connectivity index (χ0v) is 17.4. The summed E-state index contributed by atoms with van der Waals surface area (Å²) in [7, 11) is 0. The van der Waals surface area contributed by atoms with Gasteiger partial charge in [0, 0.05) is 36.9 Å². The highest BCUT2D eigenvalue weighted by atomic mass is 16.5. The minimum Gasteiger partial charge on any atom is -0.462 e. The minimum atomic E-state index is -0.267. The van der Waals surface area contributed by atoms with Gasteiger partial charge in [0.15, 0.2) is 0 Å². The fourth-order valence-corrected chi connectivity index (χ4v) is 3.88. The highest BCUT2D eigenvalue weighted by molar-refractivity contribution is 5.81. The van der Waals surface area contributed by atoms with E-state index in [0.717, 1.165) is 19.4 Å². The third kappa shape index (κ3) is 7.45. The predicted octanol–water partition coefficient (Wildman–Crippen LogP) is 3.74. The molecule has 0 amide bonds. The number of carbonyl (C=O) groups is 2. The molecule has 0 unspecified atom stereocenters. The highest BCUT2D eigenvalue weighted by Crippen LogP contribution is 2.39. The fourth-order valence-electron chi connectivity index (χ4n) is 3.88. The SMILES string of the molecule is CC(=O)CCC(=O)OC1CC(C)(C)N(CCOC(C)(C)C)C(C)(C)C1. The Kier molecular flexibility index (Phi) is 7.22. The van der Waals surface area contributed by atoms with Gasteiger partial charge in [-0.3, -0.25) is 9.69 Å². The lowest BCUT2D eigenvalue weighted by atomic mass is 9.78. The van der Waals surface area contributed by atoms with E-state index in [1.54, 1.807) is 0 Å². The van der Waals surface area contributed by atoms with Gasteiger partial charge in [0.1, 0.15) is 11.9 Å². The van der Waals surface area contributed by atoms with Crippen molar-refractivity contribution in [3.05, 3.63) is 0 Å². The average molecular weight is 356 g/mol. The number of piperidine rings is 1. The van der Waals surface area contributed by atoms with Gasteiger partial charge in [0.25, 0.3) is 0 Å². The Labute approximate surface area is 153 Å². The quantitative estimate of drug-likeness (QED) is 0.651. The van der Waals surface area contributed by atoms with Gasteiger partial charge in [0.05, 0.1) is 18.6 Å². The second-order valence-corrected chi connectivity index (χ2v) is 9.46. The van der Waals surface area contributed by atoms with E-state index < -0.39 is 0 Å². The maximum absolute atomic E-state index is 12.0. The van der Waals surface area contributed by atoms with Crippen molar-refractivity contribution in [2.45, 2.75) is 104 Å². The van der Waals surface area contributed by atoms with Gasteiger partial charge >= 0.3 is 5.97 Å². The predicted molar refractivity (Wildman–Crippen MR) is 99.6 cm³/mol. The van der Waals surface area contributed by atoms with E-state index in [-0.39, 0.29) is 47.4 Å². The Morgan fingerprint density at radius 2 is 1.56 bits per heavy atom. The summed E-state index contributed by atoms with van der Waals surface area (Å²) in [4.78, 5) is 25.5. The van der Waals surface area contributed by atoms with Crippen LogP contribution in [0.5, 0.6) is 0 Å². The lowest BCUT2D eigenvalue weighted by molar-refractivity contribution is -0.162. The maximum atomic E-state index is 12.0. The van der Waals surface area contributed by atoms with Crippen molar-refractivity contribution in [3.8, 4) is 0 Å². The molecule has 1 heterocycles. The van der Waals surface area contributed by atoms with Crippen molar-refractivity contribution in [2.24, 2.45) is 0 Å². The topological polar surface area (TPSA) is 55.8 Å². The number of rotatable bonds is 7. The molecule has 146 valence electrons. The Hall–Kier alpha value is -0.940. The molecular formula is C20H37NO4. The van der Waals surface area contributed by atoms with Gasteiger partial charge in [-0.1, -0.05) is 0 Å². The molecule has 0 atom stereocenters. The first-order valence-electron chi connectivity index (χ1n) is 9.34. The summed E-state index contributed by atoms with van der Waals surface area (Å²) in [6.45, 7) is 18.0. The zero-order chi connectivity index (χ0) is 19.5. The molecule has 1 aliphatic rings. The van der Waals surface area contributed by atoms with Crippen molar-refractivity contribution in [3.63, 3.8) is 0 Å². The lowest BCUT2D eigenvalue weighted by Gasteiger charge is -2.55. The standard InChI is InChI=1S/C20H37NO4/c1-15(22)9-10-17(23)25-16-13-19(5,6)21(20(7,8)14-16)11-12-24-18(2,3)4/h16H,9-14H2,1-8H3. The first kappa shape index (κ1) is 22.1. The lowest BCUT2D eigenvalue weighted by Crippen LogP contribution is -2.63. The smallest absolute Gasteiger partial charge is 0.306 e. The van der Waals surface area contributed by atoms with Crippen LogP contribution in [-0.4, -0.2) is 52.6 Å². The van der Waals surface area contributed by atoms with Crippen LogP contribution in [0.25, 0.3) is 0 Å². The molecule has 0 N–H and O–H groups in total. The van der Waals surface area contributed by atoms with Crippen molar-refractivity contribution in [2.75, 3.05) is 13.2 Å². The number of esters is 1. The molecule has 0 spiro atoms. The Balaban J connectivity index is 2.67. The van der Waals surface area contributed by atoms with E-state index in [2.05, 4.69) is 53.4 Å². The van der Waals surface area contributed by atoms with E-state index in [1.807, 2.05) is 0 Å². The summed E-state index contributed by atoms with van der Waals surface area (Å²) in [6.07, 6.45) is 1.91. The third-order valence-corrected chi connectivity index (χ3v) is 4.75. The fraction of sp³-hybridized carbons (Fsp3) is 0.900. The van der Waals surface area contributed by atoms with E-state index >= 15 is 0 Å². The molecule has 1 saturated heterocycles. The molecule has 0 radical (unpaired) electrons. The number of ether oxygens (including phenoxy) is 2. The number of hydrogen-bond donors (Lipinski definition) is 0. The molecule has 0 aromatic heterocycles. The van der Waals surface area contributed by atoms with Crippen molar-refractivity contribution in [1.29, 1.82) is 0 Å². The highest BCUT2D eigenvalue weighted by Gasteiger charge is 2.46. The van der Waals surface area contributed by atoms with Gasteiger partial charge in [-0.05, 0) is 55.4 Å². The van der Waals surface area contributed by atoms with Crippen LogP contribution in [0.3, 0.4) is 0 Å². The molecule has 25 heavy (non-hydrogen) atoms. The number of nitrogens with zero attached hydrogens (tertiary/aromatic N) is 1. The second kappa shape index (κ2) is 8.17. The first-order chi connectivity index (χ1) is 11.2. The van der Waals surface area contributed by atoms with Crippen LogP contribution in [0.15, 0.2) is 0 Å². The van der Waals surface area contributed by atoms with Crippen molar-refractivity contribution >= 4 is 11.8 Å². The summed E-state index contributed by atoms with van der Waals surface area (Å²) in [6, 6.07) is 0. The molecule has 1 fully saturated rings. The third-order valence-electron chi connectivity index (χ3n) is 4.75. The van der Waals surface area contributed by atoms with E-state index in [0.29, 0.717) is 6.61 Å². The normalized spacial score (nSPS) is 21.1. The van der Waals surface area contributed by atoms with Crippen LogP contribution in [0.4, 0.5) is 0 Å². The molecule has 1 rings (SSSR count). The van der Waals surface area contributed by atoms with E-state index in [9.17, 15) is 9.59 Å². The van der Waals surface area contributed by atoms with E-state index in [4.69, 9.17) is 9.47 Å². The largest absolute Gasteiger partial charge is 0.462 e. The Morgan fingerprint density at radius 3 is 2.00 bits per heavy atom. The molecule has 0 bridgehead atoms. The molecule has 1 aliphatic heterocycles. The van der Waals surface area contributed by atoms with Crippen molar-refractivity contribution < 1.29 is 19.1 Å². The van der Waals surface area contributed by atoms with Crippen LogP contribution in [0, 0.1) is 0 Å². The average Bonchev–Trinajstić information content (AvgIpc) is 2.37. The molecule has 5 nitrogen and oxygen atoms in total. The molecule has 5 heteroatoms. The van der Waals surface area contributed by atoms with Crippen LogP contribution < -0.4 is 0 Å². The summed E-state index contributed by atoms with van der Waals surface area (Å²) >= 11 is 0. The number of Topliss-reactive ketones (excluding diaryl/α,β-unsaturated/α-hetero) is 1. The van der Waals surface area contributed by atoms with Gasteiger partial charge in [-0.15, -0.1) is 0 Å². The van der Waals surface area contributed by atoms with Gasteiger partial charge in [-0.2, -0.15) is 0 Å². The van der Waals surface area contributed by atoms with Crippen LogP contribution in [0.1, 0.15) is 81.1 Å². The second-order valence-electron chi connectivity index (χ2n) is 9.46. The molecule has 0 aromatic carbocycles. The minimum absolute atomic E-state index is 0.0197. The monoisotopic (exact) mass is 355 g/mol. The summed E-state index contributed by atoms with van der Waals surface area (Å²) in [5.41, 5.74) is -0.318. The number of likely N-dealkylation sites (tertiary alicyclic amines) is 1. The number of hydrogen-bond acceptors (Lipinski definition) is 5. The summed E-state index contributed by atoms with van der Waals surface area (Å²) in [5, 5.41) is 0. The molecular weight excluding hydrogens is 318 g/mol. The van der Waals surface area contributed by atoms with Crippen molar-refractivity contribution in [1.82, 2.24) is 4.90 Å². The maximum Gasteiger partial charge on any atom is 0.306 e. The Morgan fingerprint density at radius 1 is 1.04 bits per heavy atom. The summed E-state index contributed by atoms with van der Waals surface area (Å²) < 4.78 is 11.6. The number of carbonyl (C=O) groups excluding carboxylic acids is 2. The van der Waals surface area contributed by atoms with Gasteiger partial charge in [0.2, 0.25) is 0 Å². The molecule has 0 aliphatic carbocycles. The van der Waals surface area contributed by atoms with Gasteiger partial charge < -0.3 is 14.3 Å². The van der Waals surface area contributed by atoms with Crippen LogP contribution in [0.2, 0.25) is 0 Å². The Bertz CT molecular complexity index is 459. The zero-order valence-electron chi connectivity index (χ0n) is 17.4.